The van der Waals surface area contributed by atoms with E-state index in [0.29, 0.717) is 0 Å². The van der Waals surface area contributed by atoms with Crippen LogP contribution in [0.2, 0.25) is 0 Å². The van der Waals surface area contributed by atoms with Gasteiger partial charge in [-0.1, -0.05) is 23.3 Å². The number of allylic oxidation sites excluding steroid dienone is 3. The molecule has 0 aliphatic heterocycles. The van der Waals surface area contributed by atoms with Crippen LogP contribution >= 0.6 is 15.6 Å². The fraction of sp³-hybridized carbons (Fsp3) is 0.600. The Morgan fingerprint density at radius 3 is 1.70 bits per heavy atom. The van der Waals surface area contributed by atoms with Gasteiger partial charge in [0.15, 0.2) is 0 Å². The van der Waals surface area contributed by atoms with Crippen molar-refractivity contribution in [1.29, 1.82) is 0 Å². The lowest BCUT2D eigenvalue weighted by molar-refractivity contribution is 0.225. The first-order valence-electron chi connectivity index (χ1n) is 5.59. The monoisotopic (exact) mass is 332 g/mol. The van der Waals surface area contributed by atoms with E-state index in [1.165, 1.54) is 11.1 Å². The van der Waals surface area contributed by atoms with Gasteiger partial charge in [-0.05, 0) is 33.6 Å². The van der Waals surface area contributed by atoms with Crippen LogP contribution in [-0.2, 0) is 13.4 Å². The molecule has 0 aliphatic carbocycles. The SMILES string of the molecule is CC(C)=CCCC(C)=CCO.O=P(O)(O)OP(=O)(O)O. The lowest BCUT2D eigenvalue weighted by Crippen LogP contribution is -1.84. The maximum absolute atomic E-state index is 9.63. The molecule has 0 radical (unpaired) electrons. The summed E-state index contributed by atoms with van der Waals surface area (Å²) in [6, 6.07) is 0. The Kier molecular flexibility index (Phi) is 11.5. The van der Waals surface area contributed by atoms with Crippen LogP contribution in [0.4, 0.5) is 0 Å². The minimum atomic E-state index is -5.05. The molecule has 5 N–H and O–H groups in total. The highest BCUT2D eigenvalue weighted by atomic mass is 31.3. The Bertz CT molecular complexity index is 393. The van der Waals surface area contributed by atoms with Gasteiger partial charge in [-0.2, -0.15) is 4.31 Å². The molecule has 0 heterocycles. The summed E-state index contributed by atoms with van der Waals surface area (Å²) in [5.41, 5.74) is 2.63. The van der Waals surface area contributed by atoms with E-state index in [1.54, 1.807) is 0 Å². The summed E-state index contributed by atoms with van der Waals surface area (Å²) in [6.07, 6.45) is 6.23. The van der Waals surface area contributed by atoms with Crippen molar-refractivity contribution in [3.63, 3.8) is 0 Å². The highest BCUT2D eigenvalue weighted by Crippen LogP contribution is 2.53. The summed E-state index contributed by atoms with van der Waals surface area (Å²) in [7, 11) is -10.1. The molecule has 10 heteroatoms. The molecular formula is C10H22O8P2. The number of phosphoric acid groups is 2. The first-order valence-corrected chi connectivity index (χ1v) is 8.65. The topological polar surface area (TPSA) is 145 Å². The quantitative estimate of drug-likeness (QED) is 0.366. The fourth-order valence-electron chi connectivity index (χ4n) is 0.985. The van der Waals surface area contributed by atoms with E-state index >= 15 is 0 Å². The number of aliphatic hydroxyl groups excluding tert-OH is 1. The highest BCUT2D eigenvalue weighted by Gasteiger charge is 2.27. The maximum atomic E-state index is 9.63. The van der Waals surface area contributed by atoms with Crippen molar-refractivity contribution in [3.05, 3.63) is 23.3 Å². The second kappa shape index (κ2) is 10.4. The molecule has 0 aromatic carbocycles. The Morgan fingerprint density at radius 2 is 1.45 bits per heavy atom. The Hall–Kier alpha value is -0.300. The predicted molar refractivity (Wildman–Crippen MR) is 74.7 cm³/mol. The van der Waals surface area contributed by atoms with E-state index in [-0.39, 0.29) is 6.61 Å². The van der Waals surface area contributed by atoms with Gasteiger partial charge in [0.05, 0.1) is 6.61 Å². The van der Waals surface area contributed by atoms with Gasteiger partial charge in [0.1, 0.15) is 0 Å². The number of aliphatic hydroxyl groups is 1. The van der Waals surface area contributed by atoms with Crippen molar-refractivity contribution >= 4 is 15.6 Å². The molecule has 0 fully saturated rings. The average molecular weight is 332 g/mol. The van der Waals surface area contributed by atoms with Crippen LogP contribution in [0.3, 0.4) is 0 Å². The molecule has 20 heavy (non-hydrogen) atoms. The minimum Gasteiger partial charge on any atom is -0.392 e. The Labute approximate surface area is 118 Å². The van der Waals surface area contributed by atoms with Crippen molar-refractivity contribution in [2.24, 2.45) is 0 Å². The van der Waals surface area contributed by atoms with Crippen LogP contribution in [0.1, 0.15) is 33.6 Å². The van der Waals surface area contributed by atoms with Gasteiger partial charge >= 0.3 is 15.6 Å². The van der Waals surface area contributed by atoms with E-state index in [4.69, 9.17) is 24.7 Å². The third-order valence-corrected chi connectivity index (χ3v) is 3.45. The molecule has 0 unspecified atom stereocenters. The smallest absolute Gasteiger partial charge is 0.392 e. The van der Waals surface area contributed by atoms with Gasteiger partial charge in [0.2, 0.25) is 0 Å². The predicted octanol–water partition coefficient (Wildman–Crippen LogP) is 1.86. The summed E-state index contributed by atoms with van der Waals surface area (Å²) >= 11 is 0. The van der Waals surface area contributed by atoms with Gasteiger partial charge in [-0.15, -0.1) is 0 Å². The molecule has 0 aromatic heterocycles. The Balaban J connectivity index is 0. The standard InChI is InChI=1S/C10H18O.H4O7P2/c1-9(2)5-4-6-10(3)7-8-11;1-8(2,3)7-9(4,5)6/h5,7,11H,4,6,8H2,1-3H3;(H2,1,2,3)(H2,4,5,6). The number of rotatable bonds is 6. The molecular weight excluding hydrogens is 310 g/mol. The van der Waals surface area contributed by atoms with E-state index in [0.717, 1.165) is 12.8 Å². The highest BCUT2D eigenvalue weighted by molar-refractivity contribution is 7.60. The summed E-state index contributed by atoms with van der Waals surface area (Å²) in [5.74, 6) is 0. The van der Waals surface area contributed by atoms with Crippen LogP contribution in [0, 0.1) is 0 Å². The van der Waals surface area contributed by atoms with E-state index < -0.39 is 15.6 Å². The molecule has 8 nitrogen and oxygen atoms in total. The summed E-state index contributed by atoms with van der Waals surface area (Å²) in [6.45, 7) is 6.42. The fourth-order valence-corrected chi connectivity index (χ4v) is 2.09. The molecule has 120 valence electrons. The molecule has 0 aliphatic rings. The van der Waals surface area contributed by atoms with Crippen LogP contribution < -0.4 is 0 Å². The third kappa shape index (κ3) is 22.8. The average Bonchev–Trinajstić information content (AvgIpc) is 2.11. The Morgan fingerprint density at radius 1 is 1.00 bits per heavy atom. The first-order chi connectivity index (χ1) is 8.87. The zero-order chi connectivity index (χ0) is 16.4. The second-order valence-corrected chi connectivity index (χ2v) is 6.73. The first kappa shape index (κ1) is 22.0. The zero-order valence-electron chi connectivity index (χ0n) is 11.6. The lowest BCUT2D eigenvalue weighted by Gasteiger charge is -2.03. The van der Waals surface area contributed by atoms with Crippen molar-refractivity contribution in [2.75, 3.05) is 6.61 Å². The van der Waals surface area contributed by atoms with Crippen molar-refractivity contribution in [2.45, 2.75) is 33.6 Å². The summed E-state index contributed by atoms with van der Waals surface area (Å²) < 4.78 is 22.2. The lowest BCUT2D eigenvalue weighted by atomic mass is 10.1. The van der Waals surface area contributed by atoms with E-state index in [2.05, 4.69) is 31.2 Å². The van der Waals surface area contributed by atoms with Crippen molar-refractivity contribution < 1.29 is 38.1 Å². The molecule has 0 saturated carbocycles. The van der Waals surface area contributed by atoms with Gasteiger partial charge in [0.25, 0.3) is 0 Å². The second-order valence-electron chi connectivity index (χ2n) is 4.12. The molecule has 0 rings (SSSR count). The largest absolute Gasteiger partial charge is 0.478 e. The minimum absolute atomic E-state index is 0.167. The molecule has 0 spiro atoms. The van der Waals surface area contributed by atoms with Gasteiger partial charge < -0.3 is 24.7 Å². The summed E-state index contributed by atoms with van der Waals surface area (Å²) in [5, 5.41) is 8.55. The van der Waals surface area contributed by atoms with Gasteiger partial charge in [-0.3, -0.25) is 0 Å². The van der Waals surface area contributed by atoms with Crippen LogP contribution in [0.5, 0.6) is 0 Å². The maximum Gasteiger partial charge on any atom is 0.478 e. The normalized spacial score (nSPS) is 12.5. The number of hydrogen-bond acceptors (Lipinski definition) is 4. The molecule has 0 atom stereocenters. The number of hydrogen-bond donors (Lipinski definition) is 5. The third-order valence-electron chi connectivity index (χ3n) is 1.74. The van der Waals surface area contributed by atoms with Crippen LogP contribution in [-0.4, -0.2) is 31.3 Å². The van der Waals surface area contributed by atoms with Crippen LogP contribution in [0.15, 0.2) is 23.3 Å². The van der Waals surface area contributed by atoms with Crippen LogP contribution in [0.25, 0.3) is 0 Å². The van der Waals surface area contributed by atoms with Crippen molar-refractivity contribution in [1.82, 2.24) is 0 Å². The molecule has 0 bridgehead atoms. The molecule has 0 aromatic rings. The molecule has 0 amide bonds. The van der Waals surface area contributed by atoms with Gasteiger partial charge in [0, 0.05) is 0 Å². The van der Waals surface area contributed by atoms with E-state index in [9.17, 15) is 9.13 Å². The zero-order valence-corrected chi connectivity index (χ0v) is 13.4. The summed E-state index contributed by atoms with van der Waals surface area (Å²) in [4.78, 5) is 31.0. The van der Waals surface area contributed by atoms with E-state index in [1.807, 2.05) is 6.08 Å². The molecule has 0 saturated heterocycles. The van der Waals surface area contributed by atoms with Gasteiger partial charge in [-0.25, -0.2) is 9.13 Å². The van der Waals surface area contributed by atoms with Crippen molar-refractivity contribution in [3.8, 4) is 0 Å².